The van der Waals surface area contributed by atoms with Crippen molar-refractivity contribution in [1.29, 1.82) is 0 Å². The van der Waals surface area contributed by atoms with Gasteiger partial charge in [0.15, 0.2) is 0 Å². The lowest BCUT2D eigenvalue weighted by molar-refractivity contribution is -0.390. The van der Waals surface area contributed by atoms with Crippen molar-refractivity contribution >= 4 is 37.7 Å². The van der Waals surface area contributed by atoms with Crippen LogP contribution in [-0.2, 0) is 20.0 Å². The molecule has 0 saturated carbocycles. The van der Waals surface area contributed by atoms with E-state index in [1.54, 1.807) is 10.9 Å². The number of halogens is 2. The highest BCUT2D eigenvalue weighted by atomic mass is 79.9. The minimum absolute atomic E-state index is 0.186. The fourth-order valence-electron chi connectivity index (χ4n) is 1.74. The molecule has 2 rings (SSSR count). The zero-order valence-corrected chi connectivity index (χ0v) is 13.5. The first-order valence-electron chi connectivity index (χ1n) is 5.51. The Morgan fingerprint density at radius 1 is 1.42 bits per heavy atom. The predicted molar refractivity (Wildman–Crippen MR) is 76.0 cm³/mol. The number of hydrogen-bond acceptors (Lipinski definition) is 4. The van der Waals surface area contributed by atoms with Crippen LogP contribution in [0.5, 0.6) is 0 Å². The molecule has 0 fully saturated rings. The van der Waals surface area contributed by atoms with Gasteiger partial charge in [-0.1, -0.05) is 6.92 Å². The smallest absolute Gasteiger partial charge is 0.358 e. The molecule has 0 aliphatic carbocycles. The summed E-state index contributed by atoms with van der Waals surface area (Å²) in [6.45, 7) is 2.43. The summed E-state index contributed by atoms with van der Waals surface area (Å²) in [5.74, 6) is -0.186. The standard InChI is InChI=1S/C10H11Br2N5O2/c1-3-7-9(12)8(15(2)13-7)5-16-4-6(11)10(14-16)17(18)19/h4H,3,5H2,1-2H3. The van der Waals surface area contributed by atoms with Crippen LogP contribution >= 0.6 is 31.9 Å². The molecule has 102 valence electrons. The summed E-state index contributed by atoms with van der Waals surface area (Å²) in [4.78, 5) is 10.2. The Bertz CT molecular complexity index is 634. The van der Waals surface area contributed by atoms with E-state index >= 15 is 0 Å². The molecule has 19 heavy (non-hydrogen) atoms. The average molecular weight is 393 g/mol. The summed E-state index contributed by atoms with van der Waals surface area (Å²) < 4.78 is 4.56. The van der Waals surface area contributed by atoms with E-state index in [0.29, 0.717) is 11.0 Å². The number of nitrogens with zero attached hydrogens (tertiary/aromatic N) is 5. The molecule has 0 aliphatic rings. The maximum Gasteiger partial charge on any atom is 0.404 e. The van der Waals surface area contributed by atoms with Gasteiger partial charge in [0.2, 0.25) is 0 Å². The SMILES string of the molecule is CCc1nn(C)c(Cn2cc(Br)c([N+](=O)[O-])n2)c1Br. The highest BCUT2D eigenvalue weighted by Gasteiger charge is 2.21. The minimum Gasteiger partial charge on any atom is -0.358 e. The van der Waals surface area contributed by atoms with Gasteiger partial charge >= 0.3 is 5.82 Å². The van der Waals surface area contributed by atoms with Gasteiger partial charge in [0.1, 0.15) is 11.0 Å². The number of aryl methyl sites for hydroxylation is 2. The van der Waals surface area contributed by atoms with Gasteiger partial charge in [0.25, 0.3) is 0 Å². The van der Waals surface area contributed by atoms with Crippen LogP contribution in [0, 0.1) is 10.1 Å². The summed E-state index contributed by atoms with van der Waals surface area (Å²) in [5, 5.41) is 19.0. The lowest BCUT2D eigenvalue weighted by Crippen LogP contribution is -2.07. The summed E-state index contributed by atoms with van der Waals surface area (Å²) >= 11 is 6.63. The number of aromatic nitrogens is 4. The monoisotopic (exact) mass is 391 g/mol. The summed E-state index contributed by atoms with van der Waals surface area (Å²) in [5.41, 5.74) is 1.87. The molecule has 0 bridgehead atoms. The van der Waals surface area contributed by atoms with Crippen molar-refractivity contribution in [2.75, 3.05) is 0 Å². The molecule has 0 saturated heterocycles. The highest BCUT2D eigenvalue weighted by molar-refractivity contribution is 9.11. The Hall–Kier alpha value is -1.22. The van der Waals surface area contributed by atoms with Crippen LogP contribution in [0.1, 0.15) is 18.3 Å². The normalized spacial score (nSPS) is 10.9. The van der Waals surface area contributed by atoms with Crippen molar-refractivity contribution in [3.63, 3.8) is 0 Å². The van der Waals surface area contributed by atoms with E-state index in [4.69, 9.17) is 0 Å². The van der Waals surface area contributed by atoms with Crippen molar-refractivity contribution in [2.45, 2.75) is 19.9 Å². The van der Waals surface area contributed by atoms with E-state index in [1.807, 2.05) is 14.0 Å². The molecule has 7 nitrogen and oxygen atoms in total. The molecular weight excluding hydrogens is 382 g/mol. The van der Waals surface area contributed by atoms with Crippen LogP contribution in [0.3, 0.4) is 0 Å². The highest BCUT2D eigenvalue weighted by Crippen LogP contribution is 2.25. The molecule has 0 N–H and O–H groups in total. The third-order valence-electron chi connectivity index (χ3n) is 2.69. The van der Waals surface area contributed by atoms with E-state index in [-0.39, 0.29) is 5.82 Å². The van der Waals surface area contributed by atoms with Crippen molar-refractivity contribution in [3.8, 4) is 0 Å². The van der Waals surface area contributed by atoms with Crippen molar-refractivity contribution in [2.24, 2.45) is 7.05 Å². The van der Waals surface area contributed by atoms with Gasteiger partial charge in [-0.25, -0.2) is 0 Å². The fourth-order valence-corrected chi connectivity index (χ4v) is 2.94. The lowest BCUT2D eigenvalue weighted by atomic mass is 10.3. The minimum atomic E-state index is -0.518. The molecule has 0 spiro atoms. The van der Waals surface area contributed by atoms with E-state index in [9.17, 15) is 10.1 Å². The molecule has 0 aromatic carbocycles. The molecule has 2 aromatic rings. The second-order valence-electron chi connectivity index (χ2n) is 3.94. The Morgan fingerprint density at radius 3 is 2.58 bits per heavy atom. The van der Waals surface area contributed by atoms with E-state index in [0.717, 1.165) is 22.3 Å². The first-order chi connectivity index (χ1) is 8.93. The molecule has 0 radical (unpaired) electrons. The summed E-state index contributed by atoms with van der Waals surface area (Å²) in [6.07, 6.45) is 2.40. The van der Waals surface area contributed by atoms with E-state index in [1.165, 1.54) is 4.68 Å². The van der Waals surface area contributed by atoms with Gasteiger partial charge in [0, 0.05) is 7.05 Å². The molecule has 2 aromatic heterocycles. The third-order valence-corrected chi connectivity index (χ3v) is 4.16. The number of nitro groups is 1. The Morgan fingerprint density at radius 2 is 2.11 bits per heavy atom. The largest absolute Gasteiger partial charge is 0.404 e. The zero-order valence-electron chi connectivity index (χ0n) is 10.3. The molecule has 0 atom stereocenters. The lowest BCUT2D eigenvalue weighted by Gasteiger charge is -1.99. The van der Waals surface area contributed by atoms with Gasteiger partial charge in [-0.3, -0.25) is 4.68 Å². The maximum absolute atomic E-state index is 10.7. The topological polar surface area (TPSA) is 78.8 Å². The van der Waals surface area contributed by atoms with Crippen LogP contribution in [0.4, 0.5) is 5.82 Å². The van der Waals surface area contributed by atoms with E-state index < -0.39 is 4.92 Å². The second-order valence-corrected chi connectivity index (χ2v) is 5.59. The quantitative estimate of drug-likeness (QED) is 0.591. The van der Waals surface area contributed by atoms with Crippen molar-refractivity contribution < 1.29 is 4.92 Å². The first kappa shape index (κ1) is 14.2. The third kappa shape index (κ3) is 2.71. The van der Waals surface area contributed by atoms with Gasteiger partial charge in [-0.2, -0.15) is 9.78 Å². The van der Waals surface area contributed by atoms with Crippen LogP contribution in [0.25, 0.3) is 0 Å². The van der Waals surface area contributed by atoms with Gasteiger partial charge in [-0.15, -0.1) is 0 Å². The van der Waals surface area contributed by atoms with Gasteiger partial charge < -0.3 is 10.1 Å². The zero-order chi connectivity index (χ0) is 14.2. The first-order valence-corrected chi connectivity index (χ1v) is 7.10. The molecule has 0 aliphatic heterocycles. The fraction of sp³-hybridized carbons (Fsp3) is 0.400. The van der Waals surface area contributed by atoms with Crippen LogP contribution < -0.4 is 0 Å². The predicted octanol–water partition coefficient (Wildman–Crippen LogP) is 2.66. The molecule has 2 heterocycles. The molecule has 0 amide bonds. The van der Waals surface area contributed by atoms with Crippen LogP contribution in [0.2, 0.25) is 0 Å². The van der Waals surface area contributed by atoms with Crippen molar-refractivity contribution in [3.05, 3.63) is 36.6 Å². The Kier molecular flexibility index (Phi) is 4.04. The molecule has 9 heteroatoms. The Balaban J connectivity index is 2.34. The van der Waals surface area contributed by atoms with Crippen LogP contribution in [0.15, 0.2) is 15.1 Å². The summed E-state index contributed by atoms with van der Waals surface area (Å²) in [7, 11) is 1.84. The maximum atomic E-state index is 10.7. The average Bonchev–Trinajstić information content (AvgIpc) is 2.84. The Labute approximate surface area is 126 Å². The molecule has 0 unspecified atom stereocenters. The number of rotatable bonds is 4. The van der Waals surface area contributed by atoms with Gasteiger partial charge in [0.05, 0.1) is 27.2 Å². The second kappa shape index (κ2) is 5.41. The van der Waals surface area contributed by atoms with E-state index in [2.05, 4.69) is 42.1 Å². The van der Waals surface area contributed by atoms with Gasteiger partial charge in [-0.05, 0) is 43.2 Å². The number of hydrogen-bond donors (Lipinski definition) is 0. The van der Waals surface area contributed by atoms with Crippen molar-refractivity contribution in [1.82, 2.24) is 19.6 Å². The summed E-state index contributed by atoms with van der Waals surface area (Å²) in [6, 6.07) is 0. The van der Waals surface area contributed by atoms with Crippen LogP contribution in [-0.4, -0.2) is 24.5 Å². The molecular formula is C10H11Br2N5O2.